The average Bonchev–Trinajstić information content (AvgIpc) is 2.67. The number of phenols is 1. The third kappa shape index (κ3) is 6.85. The maximum absolute atomic E-state index is 13.0. The number of benzene rings is 1. The third-order valence-electron chi connectivity index (χ3n) is 5.79. The van der Waals surface area contributed by atoms with E-state index < -0.39 is 29.6 Å². The van der Waals surface area contributed by atoms with E-state index >= 15 is 0 Å². The number of likely N-dealkylation sites (tertiary alicyclic amines) is 1. The van der Waals surface area contributed by atoms with E-state index in [0.29, 0.717) is 25.9 Å². The van der Waals surface area contributed by atoms with E-state index in [4.69, 9.17) is 21.6 Å². The first-order valence-corrected chi connectivity index (χ1v) is 11.0. The number of esters is 1. The van der Waals surface area contributed by atoms with Crippen molar-refractivity contribution in [2.75, 3.05) is 13.1 Å². The van der Waals surface area contributed by atoms with Gasteiger partial charge in [-0.05, 0) is 82.2 Å². The van der Waals surface area contributed by atoms with Crippen LogP contribution in [0.3, 0.4) is 0 Å². The summed E-state index contributed by atoms with van der Waals surface area (Å²) in [6.07, 6.45) is 1.51. The SMILES string of the molecule is Cc1cc(O)cc(C)c1C[C@H](NC(=O)[C@H](N)C1CCN(C(=N)N)CC1)C(=O)OC(C)(C)C. The molecule has 0 aliphatic carbocycles. The van der Waals surface area contributed by atoms with Gasteiger partial charge in [-0.1, -0.05) is 0 Å². The van der Waals surface area contributed by atoms with Crippen LogP contribution in [0, 0.1) is 25.2 Å². The highest BCUT2D eigenvalue weighted by Gasteiger charge is 2.33. The van der Waals surface area contributed by atoms with Crippen molar-refractivity contribution >= 4 is 17.8 Å². The lowest BCUT2D eigenvalue weighted by Gasteiger charge is -2.35. The number of rotatable bonds is 6. The number of nitrogens with one attached hydrogen (secondary N) is 2. The largest absolute Gasteiger partial charge is 0.508 e. The number of nitrogens with zero attached hydrogens (tertiary/aromatic N) is 1. The van der Waals surface area contributed by atoms with Crippen LogP contribution < -0.4 is 16.8 Å². The molecular weight excluding hydrogens is 410 g/mol. The highest BCUT2D eigenvalue weighted by atomic mass is 16.6. The van der Waals surface area contributed by atoms with Gasteiger partial charge in [-0.2, -0.15) is 0 Å². The molecule has 1 aromatic carbocycles. The zero-order valence-electron chi connectivity index (χ0n) is 19.7. The standard InChI is InChI=1S/C23H37N5O4/c1-13-10-16(29)11-14(2)17(13)12-18(21(31)32-23(3,4)5)27-20(30)19(24)15-6-8-28(9-7-15)22(25)26/h10-11,15,18-19,29H,6-9,12,24H2,1-5H3,(H3,25,26)(H,27,30)/t18-,19+/m0/s1. The van der Waals surface area contributed by atoms with Crippen LogP contribution in [0.4, 0.5) is 0 Å². The van der Waals surface area contributed by atoms with Crippen molar-refractivity contribution in [1.29, 1.82) is 5.41 Å². The summed E-state index contributed by atoms with van der Waals surface area (Å²) in [5.41, 5.74) is 13.6. The van der Waals surface area contributed by atoms with Crippen molar-refractivity contribution in [3.05, 3.63) is 28.8 Å². The zero-order chi connectivity index (χ0) is 24.2. The molecule has 0 unspecified atom stereocenters. The van der Waals surface area contributed by atoms with Crippen molar-refractivity contribution in [2.45, 2.75) is 71.6 Å². The molecule has 0 saturated carbocycles. The molecule has 0 aromatic heterocycles. The molecule has 178 valence electrons. The summed E-state index contributed by atoms with van der Waals surface area (Å²) in [4.78, 5) is 27.7. The Bertz CT molecular complexity index is 833. The normalized spacial score (nSPS) is 16.9. The van der Waals surface area contributed by atoms with Gasteiger partial charge in [0.2, 0.25) is 5.91 Å². The second kappa shape index (κ2) is 10.2. The number of phenolic OH excluding ortho intramolecular Hbond substituents is 1. The number of carbonyl (C=O) groups is 2. The Morgan fingerprint density at radius 3 is 2.25 bits per heavy atom. The first-order valence-electron chi connectivity index (χ1n) is 11.0. The fourth-order valence-corrected chi connectivity index (χ4v) is 4.04. The number of aromatic hydroxyl groups is 1. The quantitative estimate of drug-likeness (QED) is 0.250. The topological polar surface area (TPSA) is 155 Å². The van der Waals surface area contributed by atoms with E-state index in [9.17, 15) is 14.7 Å². The molecule has 32 heavy (non-hydrogen) atoms. The van der Waals surface area contributed by atoms with Crippen LogP contribution in [0.1, 0.15) is 50.3 Å². The summed E-state index contributed by atoms with van der Waals surface area (Å²) in [5, 5.41) is 20.2. The fourth-order valence-electron chi connectivity index (χ4n) is 4.04. The van der Waals surface area contributed by atoms with Crippen molar-refractivity contribution in [2.24, 2.45) is 17.4 Å². The Labute approximate surface area is 190 Å². The van der Waals surface area contributed by atoms with Gasteiger partial charge in [-0.15, -0.1) is 0 Å². The van der Waals surface area contributed by atoms with E-state index in [0.717, 1.165) is 16.7 Å². The maximum Gasteiger partial charge on any atom is 0.329 e. The van der Waals surface area contributed by atoms with Crippen LogP contribution in [0.2, 0.25) is 0 Å². The van der Waals surface area contributed by atoms with Crippen molar-refractivity contribution in [3.63, 3.8) is 0 Å². The van der Waals surface area contributed by atoms with E-state index in [1.54, 1.807) is 37.8 Å². The first-order chi connectivity index (χ1) is 14.8. The number of piperidine rings is 1. The van der Waals surface area contributed by atoms with Crippen LogP contribution >= 0.6 is 0 Å². The maximum atomic E-state index is 13.0. The zero-order valence-corrected chi connectivity index (χ0v) is 19.7. The Hall–Kier alpha value is -2.81. The summed E-state index contributed by atoms with van der Waals surface area (Å²) >= 11 is 0. The minimum Gasteiger partial charge on any atom is -0.508 e. The number of carbonyl (C=O) groups excluding carboxylic acids is 2. The van der Waals surface area contributed by atoms with Gasteiger partial charge in [0, 0.05) is 19.5 Å². The minimum atomic E-state index is -0.910. The Morgan fingerprint density at radius 2 is 1.78 bits per heavy atom. The molecule has 2 atom stereocenters. The van der Waals surface area contributed by atoms with E-state index in [1.807, 2.05) is 13.8 Å². The molecule has 1 aliphatic rings. The van der Waals surface area contributed by atoms with Crippen molar-refractivity contribution < 1.29 is 19.4 Å². The summed E-state index contributed by atoms with van der Waals surface area (Å²) in [7, 11) is 0. The second-order valence-electron chi connectivity index (χ2n) is 9.59. The van der Waals surface area contributed by atoms with Crippen LogP contribution in [0.25, 0.3) is 0 Å². The average molecular weight is 448 g/mol. The molecule has 1 saturated heterocycles. The monoisotopic (exact) mass is 447 g/mol. The molecule has 1 fully saturated rings. The fraction of sp³-hybridized carbons (Fsp3) is 0.609. The molecule has 1 aromatic rings. The number of nitrogens with two attached hydrogens (primary N) is 2. The molecule has 9 nitrogen and oxygen atoms in total. The number of hydrogen-bond acceptors (Lipinski definition) is 6. The predicted molar refractivity (Wildman–Crippen MR) is 123 cm³/mol. The highest BCUT2D eigenvalue weighted by molar-refractivity contribution is 5.88. The Balaban J connectivity index is 2.16. The van der Waals surface area contributed by atoms with Crippen molar-refractivity contribution in [1.82, 2.24) is 10.2 Å². The Morgan fingerprint density at radius 1 is 1.25 bits per heavy atom. The molecule has 1 amide bonds. The minimum absolute atomic E-state index is 0.0195. The summed E-state index contributed by atoms with van der Waals surface area (Å²) < 4.78 is 5.55. The van der Waals surface area contributed by atoms with Crippen molar-refractivity contribution in [3.8, 4) is 5.75 Å². The van der Waals surface area contributed by atoms with Crippen LogP contribution in [-0.4, -0.2) is 58.6 Å². The molecule has 0 radical (unpaired) electrons. The van der Waals surface area contributed by atoms with E-state index in [1.165, 1.54) is 0 Å². The van der Waals surface area contributed by atoms with Gasteiger partial charge in [0.1, 0.15) is 17.4 Å². The summed E-state index contributed by atoms with van der Waals surface area (Å²) in [5.74, 6) is -0.832. The third-order valence-corrected chi connectivity index (χ3v) is 5.79. The lowest BCUT2D eigenvalue weighted by atomic mass is 9.89. The summed E-state index contributed by atoms with van der Waals surface area (Å²) in [6, 6.07) is 1.57. The Kier molecular flexibility index (Phi) is 8.12. The predicted octanol–water partition coefficient (Wildman–Crippen LogP) is 1.31. The van der Waals surface area contributed by atoms with Crippen LogP contribution in [0.15, 0.2) is 12.1 Å². The van der Waals surface area contributed by atoms with Gasteiger partial charge in [0.15, 0.2) is 5.96 Å². The van der Waals surface area contributed by atoms with Gasteiger partial charge in [0.25, 0.3) is 0 Å². The molecule has 0 bridgehead atoms. The van der Waals surface area contributed by atoms with Gasteiger partial charge in [-0.25, -0.2) is 4.79 Å². The lowest BCUT2D eigenvalue weighted by molar-refractivity contribution is -0.158. The number of aryl methyl sites for hydroxylation is 2. The molecular formula is C23H37N5O4. The summed E-state index contributed by atoms with van der Waals surface area (Å²) in [6.45, 7) is 10.2. The first kappa shape index (κ1) is 25.5. The van der Waals surface area contributed by atoms with E-state index in [-0.39, 0.29) is 24.0 Å². The number of ether oxygens (including phenoxy) is 1. The van der Waals surface area contributed by atoms with Gasteiger partial charge < -0.3 is 31.5 Å². The number of amides is 1. The second-order valence-corrected chi connectivity index (χ2v) is 9.59. The van der Waals surface area contributed by atoms with Gasteiger partial charge in [0.05, 0.1) is 6.04 Å². The smallest absolute Gasteiger partial charge is 0.329 e. The van der Waals surface area contributed by atoms with E-state index in [2.05, 4.69) is 5.32 Å². The number of hydrogen-bond donors (Lipinski definition) is 5. The molecule has 0 spiro atoms. The molecule has 1 aliphatic heterocycles. The molecule has 1 heterocycles. The van der Waals surface area contributed by atoms with Crippen LogP contribution in [0.5, 0.6) is 5.75 Å². The lowest BCUT2D eigenvalue weighted by Crippen LogP contribution is -2.55. The highest BCUT2D eigenvalue weighted by Crippen LogP contribution is 2.24. The molecule has 7 N–H and O–H groups in total. The van der Waals surface area contributed by atoms with Gasteiger partial charge in [-0.3, -0.25) is 10.2 Å². The number of guanidine groups is 1. The molecule has 2 rings (SSSR count). The van der Waals surface area contributed by atoms with Crippen LogP contribution in [-0.2, 0) is 20.7 Å². The van der Waals surface area contributed by atoms with Gasteiger partial charge >= 0.3 is 5.97 Å². The molecule has 9 heteroatoms.